The zero-order chi connectivity index (χ0) is 13.9. The van der Waals surface area contributed by atoms with Crippen molar-refractivity contribution in [3.05, 3.63) is 35.4 Å². The molecular formula is C17H26N2O. The van der Waals surface area contributed by atoms with Crippen molar-refractivity contribution in [3.63, 3.8) is 0 Å². The molecule has 1 fully saturated rings. The van der Waals surface area contributed by atoms with Crippen molar-refractivity contribution in [2.75, 3.05) is 26.7 Å². The lowest BCUT2D eigenvalue weighted by molar-refractivity contribution is 0.00963. The molecule has 0 saturated carbocycles. The lowest BCUT2D eigenvalue weighted by Crippen LogP contribution is -2.49. The molecule has 1 aromatic carbocycles. The van der Waals surface area contributed by atoms with Crippen molar-refractivity contribution in [2.45, 2.75) is 44.4 Å². The summed E-state index contributed by atoms with van der Waals surface area (Å²) in [6.07, 6.45) is 4.04. The summed E-state index contributed by atoms with van der Waals surface area (Å²) in [5.74, 6) is 0. The van der Waals surface area contributed by atoms with Crippen molar-refractivity contribution in [2.24, 2.45) is 0 Å². The summed E-state index contributed by atoms with van der Waals surface area (Å²) in [6.45, 7) is 5.51. The van der Waals surface area contributed by atoms with E-state index in [-0.39, 0.29) is 0 Å². The molecule has 3 unspecified atom stereocenters. The molecule has 1 heterocycles. The molecule has 0 aromatic heterocycles. The van der Waals surface area contributed by atoms with Gasteiger partial charge in [0, 0.05) is 25.7 Å². The number of likely N-dealkylation sites (tertiary alicyclic amines) is 1. The van der Waals surface area contributed by atoms with E-state index >= 15 is 0 Å². The number of ether oxygens (including phenoxy) is 1. The van der Waals surface area contributed by atoms with Gasteiger partial charge in [-0.3, -0.25) is 4.90 Å². The molecule has 3 rings (SSSR count). The Hall–Kier alpha value is -0.900. The normalized spacial score (nSPS) is 30.4. The maximum absolute atomic E-state index is 5.59. The molecule has 20 heavy (non-hydrogen) atoms. The van der Waals surface area contributed by atoms with Crippen molar-refractivity contribution in [1.82, 2.24) is 10.2 Å². The van der Waals surface area contributed by atoms with Crippen molar-refractivity contribution in [3.8, 4) is 0 Å². The SMILES string of the molecule is CCNC1c2ccccc2CC1N1CCCC(OC)C1. The number of nitrogens with zero attached hydrogens (tertiary/aromatic N) is 1. The van der Waals surface area contributed by atoms with Gasteiger partial charge >= 0.3 is 0 Å². The average Bonchev–Trinajstić information content (AvgIpc) is 2.87. The van der Waals surface area contributed by atoms with E-state index in [1.54, 1.807) is 0 Å². The Morgan fingerprint density at radius 2 is 2.20 bits per heavy atom. The maximum atomic E-state index is 5.59. The summed E-state index contributed by atoms with van der Waals surface area (Å²) in [4.78, 5) is 2.64. The van der Waals surface area contributed by atoms with Crippen LogP contribution in [0.2, 0.25) is 0 Å². The molecule has 3 atom stereocenters. The van der Waals surface area contributed by atoms with Crippen LogP contribution in [0.4, 0.5) is 0 Å². The van der Waals surface area contributed by atoms with Gasteiger partial charge in [0.2, 0.25) is 0 Å². The number of piperidine rings is 1. The van der Waals surface area contributed by atoms with E-state index in [0.717, 1.165) is 13.1 Å². The fraction of sp³-hybridized carbons (Fsp3) is 0.647. The number of hydrogen-bond acceptors (Lipinski definition) is 3. The van der Waals surface area contributed by atoms with Crippen LogP contribution in [0.15, 0.2) is 24.3 Å². The van der Waals surface area contributed by atoms with E-state index in [9.17, 15) is 0 Å². The second kappa shape index (κ2) is 6.25. The van der Waals surface area contributed by atoms with Gasteiger partial charge < -0.3 is 10.1 Å². The van der Waals surface area contributed by atoms with E-state index < -0.39 is 0 Å². The van der Waals surface area contributed by atoms with Crippen molar-refractivity contribution < 1.29 is 4.74 Å². The number of benzene rings is 1. The highest BCUT2D eigenvalue weighted by Crippen LogP contribution is 2.35. The Labute approximate surface area is 122 Å². The lowest BCUT2D eigenvalue weighted by atomic mass is 10.0. The van der Waals surface area contributed by atoms with Crippen molar-refractivity contribution in [1.29, 1.82) is 0 Å². The van der Waals surface area contributed by atoms with Crippen LogP contribution in [0.25, 0.3) is 0 Å². The third-order valence-electron chi connectivity index (χ3n) is 4.84. The first kappa shape index (κ1) is 14.1. The first-order valence-electron chi connectivity index (χ1n) is 7.91. The molecule has 3 heteroatoms. The van der Waals surface area contributed by atoms with Gasteiger partial charge in [-0.05, 0) is 43.5 Å². The molecule has 110 valence electrons. The van der Waals surface area contributed by atoms with Crippen molar-refractivity contribution >= 4 is 0 Å². The third-order valence-corrected chi connectivity index (χ3v) is 4.84. The molecule has 2 aliphatic rings. The predicted octanol–water partition coefficient (Wildman–Crippen LogP) is 2.37. The minimum Gasteiger partial charge on any atom is -0.380 e. The predicted molar refractivity (Wildman–Crippen MR) is 82.0 cm³/mol. The average molecular weight is 274 g/mol. The summed E-state index contributed by atoms with van der Waals surface area (Å²) in [5, 5.41) is 3.70. The minimum atomic E-state index is 0.412. The molecule has 1 aliphatic heterocycles. The van der Waals surface area contributed by atoms with E-state index in [1.807, 2.05) is 7.11 Å². The number of nitrogens with one attached hydrogen (secondary N) is 1. The third kappa shape index (κ3) is 2.62. The molecule has 1 saturated heterocycles. The summed E-state index contributed by atoms with van der Waals surface area (Å²) in [6, 6.07) is 9.98. The summed E-state index contributed by atoms with van der Waals surface area (Å²) < 4.78 is 5.59. The van der Waals surface area contributed by atoms with E-state index in [2.05, 4.69) is 41.4 Å². The number of fused-ring (bicyclic) bond motifs is 1. The standard InChI is InChI=1S/C17H26N2O/c1-3-18-17-15-9-5-4-7-13(15)11-16(17)19-10-6-8-14(12-19)20-2/h4-5,7,9,14,16-18H,3,6,8,10-12H2,1-2H3. The fourth-order valence-corrected chi connectivity index (χ4v) is 3.84. The first-order valence-corrected chi connectivity index (χ1v) is 7.91. The number of hydrogen-bond donors (Lipinski definition) is 1. The first-order chi connectivity index (χ1) is 9.83. The highest BCUT2D eigenvalue weighted by molar-refractivity contribution is 5.37. The van der Waals surface area contributed by atoms with Crippen LogP contribution in [0.5, 0.6) is 0 Å². The Bertz CT molecular complexity index is 448. The smallest absolute Gasteiger partial charge is 0.0698 e. The molecule has 0 amide bonds. The Kier molecular flexibility index (Phi) is 4.39. The Morgan fingerprint density at radius 1 is 1.35 bits per heavy atom. The molecule has 0 radical (unpaired) electrons. The second-order valence-electron chi connectivity index (χ2n) is 6.00. The van der Waals surface area contributed by atoms with E-state index in [0.29, 0.717) is 18.2 Å². The lowest BCUT2D eigenvalue weighted by Gasteiger charge is -2.39. The maximum Gasteiger partial charge on any atom is 0.0698 e. The zero-order valence-corrected chi connectivity index (χ0v) is 12.6. The summed E-state index contributed by atoms with van der Waals surface area (Å²) >= 11 is 0. The number of methoxy groups -OCH3 is 1. The van der Waals surface area contributed by atoms with Gasteiger partial charge in [-0.25, -0.2) is 0 Å². The highest BCUT2D eigenvalue weighted by atomic mass is 16.5. The van der Waals surface area contributed by atoms with Crippen LogP contribution >= 0.6 is 0 Å². The van der Waals surface area contributed by atoms with Crippen LogP contribution < -0.4 is 5.32 Å². The molecule has 0 spiro atoms. The molecule has 3 nitrogen and oxygen atoms in total. The minimum absolute atomic E-state index is 0.412. The quantitative estimate of drug-likeness (QED) is 0.912. The van der Waals surface area contributed by atoms with Crippen LogP contribution in [-0.2, 0) is 11.2 Å². The molecule has 1 aliphatic carbocycles. The van der Waals surface area contributed by atoms with Crippen LogP contribution in [0, 0.1) is 0 Å². The second-order valence-corrected chi connectivity index (χ2v) is 6.00. The van der Waals surface area contributed by atoms with Gasteiger partial charge in [-0.15, -0.1) is 0 Å². The van der Waals surface area contributed by atoms with Gasteiger partial charge in [-0.1, -0.05) is 31.2 Å². The van der Waals surface area contributed by atoms with Gasteiger partial charge in [-0.2, -0.15) is 0 Å². The van der Waals surface area contributed by atoms with E-state index in [4.69, 9.17) is 4.74 Å². The number of likely N-dealkylation sites (N-methyl/N-ethyl adjacent to an activating group) is 1. The van der Waals surface area contributed by atoms with Crippen LogP contribution in [0.3, 0.4) is 0 Å². The Morgan fingerprint density at radius 3 is 3.00 bits per heavy atom. The van der Waals surface area contributed by atoms with Gasteiger partial charge in [0.1, 0.15) is 0 Å². The van der Waals surface area contributed by atoms with Crippen LogP contribution in [0.1, 0.15) is 36.9 Å². The molecule has 1 aromatic rings. The molecule has 0 bridgehead atoms. The number of rotatable bonds is 4. The topological polar surface area (TPSA) is 24.5 Å². The zero-order valence-electron chi connectivity index (χ0n) is 12.6. The van der Waals surface area contributed by atoms with Gasteiger partial charge in [0.05, 0.1) is 6.10 Å². The Balaban J connectivity index is 1.79. The summed E-state index contributed by atoms with van der Waals surface area (Å²) in [5.41, 5.74) is 3.02. The largest absolute Gasteiger partial charge is 0.380 e. The van der Waals surface area contributed by atoms with Gasteiger partial charge in [0.15, 0.2) is 0 Å². The van der Waals surface area contributed by atoms with E-state index in [1.165, 1.54) is 36.9 Å². The van der Waals surface area contributed by atoms with Gasteiger partial charge in [0.25, 0.3) is 0 Å². The molecular weight excluding hydrogens is 248 g/mol. The summed E-state index contributed by atoms with van der Waals surface area (Å²) in [7, 11) is 1.85. The monoisotopic (exact) mass is 274 g/mol. The van der Waals surface area contributed by atoms with Crippen LogP contribution in [-0.4, -0.2) is 43.8 Å². The fourth-order valence-electron chi connectivity index (χ4n) is 3.84. The highest BCUT2D eigenvalue weighted by Gasteiger charge is 2.37. The molecule has 1 N–H and O–H groups in total.